The van der Waals surface area contributed by atoms with E-state index in [1.807, 2.05) is 18.3 Å². The zero-order valence-corrected chi connectivity index (χ0v) is 9.67. The first-order valence-electron chi connectivity index (χ1n) is 5.78. The second kappa shape index (κ2) is 5.39. The molecule has 4 heteroatoms. The summed E-state index contributed by atoms with van der Waals surface area (Å²) in [6, 6.07) is 6.37. The van der Waals surface area contributed by atoms with Crippen LogP contribution in [-0.4, -0.2) is 42.2 Å². The molecule has 1 saturated heterocycles. The molecule has 2 N–H and O–H groups in total. The van der Waals surface area contributed by atoms with E-state index in [9.17, 15) is 0 Å². The van der Waals surface area contributed by atoms with Crippen molar-refractivity contribution in [2.75, 3.05) is 26.2 Å². The smallest absolute Gasteiger partial charge is 0.0824 e. The van der Waals surface area contributed by atoms with Gasteiger partial charge in [-0.25, -0.2) is 0 Å². The number of aromatic nitrogens is 1. The Hall–Kier alpha value is -0.970. The lowest BCUT2D eigenvalue weighted by Gasteiger charge is -2.36. The molecule has 1 aromatic rings. The molecular formula is C12H19N3O. The minimum Gasteiger partial charge on any atom is -0.374 e. The van der Waals surface area contributed by atoms with Crippen LogP contribution in [0.3, 0.4) is 0 Å². The molecule has 1 aliphatic rings. The molecule has 0 aromatic carbocycles. The van der Waals surface area contributed by atoms with Gasteiger partial charge in [-0.15, -0.1) is 0 Å². The molecule has 2 atom stereocenters. The Morgan fingerprint density at radius 1 is 1.62 bits per heavy atom. The highest BCUT2D eigenvalue weighted by Crippen LogP contribution is 2.20. The Morgan fingerprint density at radius 2 is 2.50 bits per heavy atom. The average Bonchev–Trinajstić information content (AvgIpc) is 2.39. The topological polar surface area (TPSA) is 51.4 Å². The van der Waals surface area contributed by atoms with Gasteiger partial charge in [-0.3, -0.25) is 9.88 Å². The Morgan fingerprint density at radius 3 is 3.19 bits per heavy atom. The Balaban J connectivity index is 2.01. The van der Waals surface area contributed by atoms with Crippen molar-refractivity contribution in [3.63, 3.8) is 0 Å². The number of nitrogens with zero attached hydrogens (tertiary/aromatic N) is 2. The number of rotatable bonds is 3. The molecule has 1 fully saturated rings. The van der Waals surface area contributed by atoms with Crippen LogP contribution < -0.4 is 5.73 Å². The van der Waals surface area contributed by atoms with E-state index >= 15 is 0 Å². The number of hydrogen-bond donors (Lipinski definition) is 1. The fraction of sp³-hybridized carbons (Fsp3) is 0.583. The van der Waals surface area contributed by atoms with Crippen molar-refractivity contribution in [2.45, 2.75) is 19.1 Å². The Bertz CT molecular complexity index is 317. The minimum atomic E-state index is 0.167. The standard InChI is InChI=1S/C12H19N3O/c1-10(12-4-2-3-5-14-12)15-6-7-16-11(8-13)9-15/h2-5,10-11H,6-9,13H2,1H3. The summed E-state index contributed by atoms with van der Waals surface area (Å²) in [4.78, 5) is 6.77. The summed E-state index contributed by atoms with van der Waals surface area (Å²) in [7, 11) is 0. The number of hydrogen-bond acceptors (Lipinski definition) is 4. The van der Waals surface area contributed by atoms with Crippen LogP contribution in [0.1, 0.15) is 18.7 Å². The number of nitrogens with two attached hydrogens (primary N) is 1. The van der Waals surface area contributed by atoms with Crippen molar-refractivity contribution in [3.05, 3.63) is 30.1 Å². The zero-order chi connectivity index (χ0) is 11.4. The van der Waals surface area contributed by atoms with Gasteiger partial charge in [-0.2, -0.15) is 0 Å². The molecule has 2 unspecified atom stereocenters. The van der Waals surface area contributed by atoms with Gasteiger partial charge in [-0.1, -0.05) is 6.07 Å². The first-order chi connectivity index (χ1) is 7.81. The molecule has 0 aliphatic carbocycles. The number of pyridine rings is 1. The van der Waals surface area contributed by atoms with Crippen molar-refractivity contribution in [1.82, 2.24) is 9.88 Å². The van der Waals surface area contributed by atoms with Crippen molar-refractivity contribution >= 4 is 0 Å². The van der Waals surface area contributed by atoms with E-state index in [4.69, 9.17) is 10.5 Å². The van der Waals surface area contributed by atoms with Gasteiger partial charge in [0.1, 0.15) is 0 Å². The van der Waals surface area contributed by atoms with Gasteiger partial charge >= 0.3 is 0 Å². The number of ether oxygens (including phenoxy) is 1. The molecule has 0 bridgehead atoms. The maximum atomic E-state index is 5.64. The quantitative estimate of drug-likeness (QED) is 0.820. The summed E-state index contributed by atoms with van der Waals surface area (Å²) in [5.74, 6) is 0. The number of morpholine rings is 1. The maximum Gasteiger partial charge on any atom is 0.0824 e. The molecule has 1 aromatic heterocycles. The van der Waals surface area contributed by atoms with Crippen LogP contribution in [0.25, 0.3) is 0 Å². The molecule has 2 rings (SSSR count). The van der Waals surface area contributed by atoms with Gasteiger partial charge < -0.3 is 10.5 Å². The highest BCUT2D eigenvalue weighted by atomic mass is 16.5. The predicted octanol–water partition coefficient (Wildman–Crippen LogP) is 0.802. The van der Waals surface area contributed by atoms with E-state index in [-0.39, 0.29) is 6.10 Å². The summed E-state index contributed by atoms with van der Waals surface area (Å²) in [6.07, 6.45) is 2.01. The first kappa shape index (κ1) is 11.5. The molecule has 88 valence electrons. The van der Waals surface area contributed by atoms with Gasteiger partial charge in [-0.05, 0) is 19.1 Å². The first-order valence-corrected chi connectivity index (χ1v) is 5.78. The molecule has 0 amide bonds. The molecular weight excluding hydrogens is 202 g/mol. The summed E-state index contributed by atoms with van der Waals surface area (Å²) in [5.41, 5.74) is 6.75. The second-order valence-corrected chi connectivity index (χ2v) is 4.15. The van der Waals surface area contributed by atoms with E-state index in [1.165, 1.54) is 0 Å². The van der Waals surface area contributed by atoms with Gasteiger partial charge in [0.05, 0.1) is 18.4 Å². The largest absolute Gasteiger partial charge is 0.374 e. The fourth-order valence-corrected chi connectivity index (χ4v) is 2.05. The van der Waals surface area contributed by atoms with Gasteiger partial charge in [0, 0.05) is 31.9 Å². The van der Waals surface area contributed by atoms with E-state index < -0.39 is 0 Å². The minimum absolute atomic E-state index is 0.167. The molecule has 0 saturated carbocycles. The van der Waals surface area contributed by atoms with Crippen LogP contribution in [0.2, 0.25) is 0 Å². The van der Waals surface area contributed by atoms with E-state index in [0.29, 0.717) is 12.6 Å². The molecule has 0 radical (unpaired) electrons. The summed E-state index contributed by atoms with van der Waals surface area (Å²) in [5, 5.41) is 0. The van der Waals surface area contributed by atoms with Gasteiger partial charge in [0.25, 0.3) is 0 Å². The van der Waals surface area contributed by atoms with E-state index in [0.717, 1.165) is 25.4 Å². The normalized spacial score (nSPS) is 24.2. The van der Waals surface area contributed by atoms with Crippen LogP contribution >= 0.6 is 0 Å². The van der Waals surface area contributed by atoms with Crippen molar-refractivity contribution in [1.29, 1.82) is 0 Å². The summed E-state index contributed by atoms with van der Waals surface area (Å²) < 4.78 is 5.56. The van der Waals surface area contributed by atoms with Gasteiger partial charge in [0.2, 0.25) is 0 Å². The molecule has 16 heavy (non-hydrogen) atoms. The predicted molar refractivity (Wildman–Crippen MR) is 63.0 cm³/mol. The second-order valence-electron chi connectivity index (χ2n) is 4.15. The lowest BCUT2D eigenvalue weighted by molar-refractivity contribution is -0.0369. The monoisotopic (exact) mass is 221 g/mol. The average molecular weight is 221 g/mol. The lowest BCUT2D eigenvalue weighted by Crippen LogP contribution is -2.46. The Labute approximate surface area is 96.4 Å². The SMILES string of the molecule is CC(c1ccccn1)N1CCOC(CN)C1. The third-order valence-electron chi connectivity index (χ3n) is 3.10. The van der Waals surface area contributed by atoms with Crippen LogP contribution in [-0.2, 0) is 4.74 Å². The molecule has 0 spiro atoms. The third kappa shape index (κ3) is 2.58. The van der Waals surface area contributed by atoms with Crippen LogP contribution in [0, 0.1) is 0 Å². The maximum absolute atomic E-state index is 5.64. The van der Waals surface area contributed by atoms with E-state index in [2.05, 4.69) is 22.9 Å². The van der Waals surface area contributed by atoms with E-state index in [1.54, 1.807) is 0 Å². The zero-order valence-electron chi connectivity index (χ0n) is 9.67. The third-order valence-corrected chi connectivity index (χ3v) is 3.10. The van der Waals surface area contributed by atoms with Crippen molar-refractivity contribution in [3.8, 4) is 0 Å². The van der Waals surface area contributed by atoms with Crippen LogP contribution in [0.15, 0.2) is 24.4 Å². The van der Waals surface area contributed by atoms with Crippen molar-refractivity contribution in [2.24, 2.45) is 5.73 Å². The highest BCUT2D eigenvalue weighted by molar-refractivity contribution is 5.08. The Kier molecular flexibility index (Phi) is 3.88. The fourth-order valence-electron chi connectivity index (χ4n) is 2.05. The molecule has 2 heterocycles. The van der Waals surface area contributed by atoms with Crippen molar-refractivity contribution < 1.29 is 4.74 Å². The molecule has 1 aliphatic heterocycles. The summed E-state index contributed by atoms with van der Waals surface area (Å²) in [6.45, 7) is 5.38. The van der Waals surface area contributed by atoms with Crippen LogP contribution in [0.4, 0.5) is 0 Å². The summed E-state index contributed by atoms with van der Waals surface area (Å²) >= 11 is 0. The van der Waals surface area contributed by atoms with Crippen LogP contribution in [0.5, 0.6) is 0 Å². The highest BCUT2D eigenvalue weighted by Gasteiger charge is 2.24. The lowest BCUT2D eigenvalue weighted by atomic mass is 10.1. The van der Waals surface area contributed by atoms with Gasteiger partial charge in [0.15, 0.2) is 0 Å². The molecule has 4 nitrogen and oxygen atoms in total.